The smallest absolute Gasteiger partial charge is 0.259 e. The summed E-state index contributed by atoms with van der Waals surface area (Å²) in [4.78, 5) is 36.0. The quantitative estimate of drug-likeness (QED) is 0.530. The lowest BCUT2D eigenvalue weighted by Crippen LogP contribution is -2.51. The van der Waals surface area contributed by atoms with Crippen molar-refractivity contribution in [1.82, 2.24) is 19.7 Å². The number of rotatable bonds is 6. The molecule has 0 saturated carbocycles. The van der Waals surface area contributed by atoms with Crippen LogP contribution in [0.3, 0.4) is 0 Å². The average molecular weight is 489 g/mol. The number of likely N-dealkylation sites (N-methyl/N-ethyl adjacent to an activating group) is 1. The molecule has 10 heteroatoms. The van der Waals surface area contributed by atoms with Crippen LogP contribution in [0.2, 0.25) is 0 Å². The molecule has 0 aromatic carbocycles. The van der Waals surface area contributed by atoms with Gasteiger partial charge in [0, 0.05) is 44.4 Å². The highest BCUT2D eigenvalue weighted by atomic mass is 16.5. The fraction of sp³-hybridized carbons (Fsp3) is 0.640. The Kier molecular flexibility index (Phi) is 9.46. The zero-order valence-electron chi connectivity index (χ0n) is 20.9. The normalized spacial score (nSPS) is 22.6. The second kappa shape index (κ2) is 12.3. The third-order valence-corrected chi connectivity index (χ3v) is 6.29. The zero-order chi connectivity index (χ0) is 25.5. The van der Waals surface area contributed by atoms with E-state index in [0.29, 0.717) is 38.4 Å². The summed E-state index contributed by atoms with van der Waals surface area (Å²) in [5, 5.41) is 19.2. The molecule has 1 aromatic heterocycles. The summed E-state index contributed by atoms with van der Waals surface area (Å²) in [6.45, 7) is 8.79. The van der Waals surface area contributed by atoms with Crippen molar-refractivity contribution < 1.29 is 29.3 Å². The van der Waals surface area contributed by atoms with Crippen molar-refractivity contribution in [2.75, 3.05) is 59.6 Å². The fourth-order valence-corrected chi connectivity index (χ4v) is 4.02. The summed E-state index contributed by atoms with van der Waals surface area (Å²) in [6.07, 6.45) is 0.263. The van der Waals surface area contributed by atoms with Crippen LogP contribution in [0.4, 0.5) is 0 Å². The molecule has 2 aliphatic heterocycles. The molecule has 35 heavy (non-hydrogen) atoms. The number of nitrogens with zero attached hydrogens (tertiary/aromatic N) is 4. The first-order valence-corrected chi connectivity index (χ1v) is 12.0. The third-order valence-electron chi connectivity index (χ3n) is 6.29. The summed E-state index contributed by atoms with van der Waals surface area (Å²) in [7, 11) is 1.75. The Balaban J connectivity index is 1.85. The van der Waals surface area contributed by atoms with Crippen LogP contribution in [0.1, 0.15) is 36.7 Å². The van der Waals surface area contributed by atoms with Crippen LogP contribution in [-0.4, -0.2) is 120 Å². The van der Waals surface area contributed by atoms with Gasteiger partial charge in [0.2, 0.25) is 11.8 Å². The van der Waals surface area contributed by atoms with Crippen LogP contribution in [0, 0.1) is 17.8 Å². The van der Waals surface area contributed by atoms with E-state index in [1.807, 2.05) is 6.92 Å². The van der Waals surface area contributed by atoms with E-state index in [1.54, 1.807) is 36.8 Å². The SMILES string of the molecule is C[C@H](CO)N1C[C@H](C)[C@H](CN(C)C(=O)CN2CCOCC2)Oc2ncc(C#C[C@@H](C)O)cc2C1=O. The van der Waals surface area contributed by atoms with Gasteiger partial charge in [-0.1, -0.05) is 18.8 Å². The van der Waals surface area contributed by atoms with E-state index < -0.39 is 18.2 Å². The molecule has 1 fully saturated rings. The van der Waals surface area contributed by atoms with Gasteiger partial charge in [0.1, 0.15) is 17.8 Å². The van der Waals surface area contributed by atoms with Crippen LogP contribution in [0.25, 0.3) is 0 Å². The standard InChI is InChI=1S/C25H36N4O6/c1-17-13-29(18(2)16-30)25(33)21-11-20(6-5-19(3)31)12-26-24(21)35-22(17)14-27(4)23(32)15-28-7-9-34-10-8-28/h11-12,17-19,22,30-31H,7-10,13-16H2,1-4H3/t17-,18+,19+,22-/m0/s1. The number of pyridine rings is 1. The molecule has 0 spiro atoms. The Morgan fingerprint density at radius 3 is 2.71 bits per heavy atom. The molecule has 2 amide bonds. The Labute approximate surface area is 206 Å². The molecular formula is C25H36N4O6. The van der Waals surface area contributed by atoms with Gasteiger partial charge in [0.05, 0.1) is 39.0 Å². The van der Waals surface area contributed by atoms with Gasteiger partial charge in [-0.25, -0.2) is 4.98 Å². The molecule has 0 radical (unpaired) electrons. The molecule has 4 atom stereocenters. The Morgan fingerprint density at radius 2 is 2.06 bits per heavy atom. The van der Waals surface area contributed by atoms with Gasteiger partial charge in [-0.15, -0.1) is 0 Å². The zero-order valence-corrected chi connectivity index (χ0v) is 20.9. The largest absolute Gasteiger partial charge is 0.472 e. The number of aliphatic hydroxyl groups excluding tert-OH is 2. The Bertz CT molecular complexity index is 953. The highest BCUT2D eigenvalue weighted by Gasteiger charge is 2.34. The van der Waals surface area contributed by atoms with Crippen LogP contribution in [0.15, 0.2) is 12.3 Å². The summed E-state index contributed by atoms with van der Waals surface area (Å²) in [5.41, 5.74) is 0.711. The number of ether oxygens (including phenoxy) is 2. The van der Waals surface area contributed by atoms with Gasteiger partial charge in [0.25, 0.3) is 5.91 Å². The van der Waals surface area contributed by atoms with E-state index in [4.69, 9.17) is 9.47 Å². The first-order chi connectivity index (χ1) is 16.7. The maximum Gasteiger partial charge on any atom is 0.259 e. The van der Waals surface area contributed by atoms with E-state index in [9.17, 15) is 19.8 Å². The molecule has 0 aliphatic carbocycles. The van der Waals surface area contributed by atoms with Gasteiger partial charge in [0.15, 0.2) is 0 Å². The number of aromatic nitrogens is 1. The van der Waals surface area contributed by atoms with Gasteiger partial charge >= 0.3 is 0 Å². The van der Waals surface area contributed by atoms with Crippen molar-refractivity contribution in [3.8, 4) is 17.7 Å². The number of amides is 2. The molecular weight excluding hydrogens is 452 g/mol. The van der Waals surface area contributed by atoms with E-state index in [0.717, 1.165) is 13.1 Å². The fourth-order valence-electron chi connectivity index (χ4n) is 4.02. The molecule has 3 rings (SSSR count). The maximum absolute atomic E-state index is 13.4. The summed E-state index contributed by atoms with van der Waals surface area (Å²) in [6, 6.07) is 1.18. The first kappa shape index (κ1) is 26.9. The average Bonchev–Trinajstić information content (AvgIpc) is 2.84. The molecule has 0 bridgehead atoms. The van der Waals surface area contributed by atoms with Crippen molar-refractivity contribution in [3.05, 3.63) is 23.4 Å². The summed E-state index contributed by atoms with van der Waals surface area (Å²) in [5.74, 6) is 5.17. The van der Waals surface area contributed by atoms with E-state index in [-0.39, 0.29) is 35.8 Å². The van der Waals surface area contributed by atoms with Crippen LogP contribution < -0.4 is 4.74 Å². The maximum atomic E-state index is 13.4. The van der Waals surface area contributed by atoms with Crippen molar-refractivity contribution in [1.29, 1.82) is 0 Å². The van der Waals surface area contributed by atoms with Crippen molar-refractivity contribution in [2.45, 2.75) is 39.0 Å². The van der Waals surface area contributed by atoms with Crippen LogP contribution in [-0.2, 0) is 9.53 Å². The van der Waals surface area contributed by atoms with E-state index in [2.05, 4.69) is 21.7 Å². The molecule has 0 unspecified atom stereocenters. The Hall–Kier alpha value is -2.71. The summed E-state index contributed by atoms with van der Waals surface area (Å²) >= 11 is 0. The highest BCUT2D eigenvalue weighted by molar-refractivity contribution is 5.97. The van der Waals surface area contributed by atoms with Gasteiger partial charge in [-0.2, -0.15) is 0 Å². The van der Waals surface area contributed by atoms with Crippen LogP contribution in [0.5, 0.6) is 5.88 Å². The van der Waals surface area contributed by atoms with Gasteiger partial charge < -0.3 is 29.5 Å². The minimum Gasteiger partial charge on any atom is -0.472 e. The monoisotopic (exact) mass is 488 g/mol. The predicted molar refractivity (Wildman–Crippen MR) is 129 cm³/mol. The number of hydrogen-bond donors (Lipinski definition) is 2. The molecule has 10 nitrogen and oxygen atoms in total. The highest BCUT2D eigenvalue weighted by Crippen LogP contribution is 2.27. The minimum absolute atomic E-state index is 0.0154. The van der Waals surface area contributed by atoms with E-state index >= 15 is 0 Å². The molecule has 2 N–H and O–H groups in total. The number of fused-ring (bicyclic) bond motifs is 1. The van der Waals surface area contributed by atoms with Gasteiger partial charge in [-0.3, -0.25) is 14.5 Å². The third kappa shape index (κ3) is 7.15. The topological polar surface area (TPSA) is 116 Å². The van der Waals surface area contributed by atoms with Crippen molar-refractivity contribution >= 4 is 11.8 Å². The number of hydrogen-bond acceptors (Lipinski definition) is 8. The van der Waals surface area contributed by atoms with Crippen molar-refractivity contribution in [2.24, 2.45) is 5.92 Å². The molecule has 192 valence electrons. The second-order valence-corrected chi connectivity index (χ2v) is 9.31. The molecule has 2 aliphatic rings. The van der Waals surface area contributed by atoms with Crippen molar-refractivity contribution in [3.63, 3.8) is 0 Å². The van der Waals surface area contributed by atoms with Crippen LogP contribution >= 0.6 is 0 Å². The molecule has 3 heterocycles. The predicted octanol–water partition coefficient (Wildman–Crippen LogP) is -0.175. The van der Waals surface area contributed by atoms with Gasteiger partial charge in [-0.05, 0) is 19.9 Å². The number of carbonyl (C=O) groups is 2. The summed E-state index contributed by atoms with van der Waals surface area (Å²) < 4.78 is 11.6. The number of morpholine rings is 1. The van der Waals surface area contributed by atoms with E-state index in [1.165, 1.54) is 6.20 Å². The second-order valence-electron chi connectivity index (χ2n) is 9.31. The lowest BCUT2D eigenvalue weighted by Gasteiger charge is -2.38. The number of carbonyl (C=O) groups excluding carboxylic acids is 2. The first-order valence-electron chi connectivity index (χ1n) is 12.0. The Morgan fingerprint density at radius 1 is 1.34 bits per heavy atom. The molecule has 1 saturated heterocycles. The lowest BCUT2D eigenvalue weighted by molar-refractivity contribution is -0.133. The molecule has 1 aromatic rings. The number of aliphatic hydroxyl groups is 2. The lowest BCUT2D eigenvalue weighted by atomic mass is 10.00. The minimum atomic E-state index is -0.814.